The molecule has 0 bridgehead atoms. The molecular formula is C20H26ClN3O3S2. The highest BCUT2D eigenvalue weighted by Crippen LogP contribution is 2.36. The molecular weight excluding hydrogens is 430 g/mol. The number of halogens is 1. The zero-order chi connectivity index (χ0) is 20.6. The van der Waals surface area contributed by atoms with Gasteiger partial charge in [0.15, 0.2) is 0 Å². The maximum absolute atomic E-state index is 13.0. The molecule has 0 N–H and O–H groups in total. The summed E-state index contributed by atoms with van der Waals surface area (Å²) in [6, 6.07) is 7.79. The Labute approximate surface area is 181 Å². The summed E-state index contributed by atoms with van der Waals surface area (Å²) in [4.78, 5) is 15.2. The minimum absolute atomic E-state index is 0.0887. The molecule has 0 radical (unpaired) electrons. The summed E-state index contributed by atoms with van der Waals surface area (Å²) in [6.45, 7) is 1.38. The monoisotopic (exact) mass is 455 g/mol. The molecule has 2 aromatic rings. The van der Waals surface area contributed by atoms with Crippen LogP contribution in [0.5, 0.6) is 0 Å². The van der Waals surface area contributed by atoms with Crippen LogP contribution in [0.3, 0.4) is 0 Å². The van der Waals surface area contributed by atoms with Gasteiger partial charge in [0.05, 0.1) is 5.02 Å². The smallest absolute Gasteiger partial charge is 0.282 e. The molecule has 1 amide bonds. The fraction of sp³-hybridized carbons (Fsp3) is 0.550. The molecule has 1 aromatic heterocycles. The van der Waals surface area contributed by atoms with Crippen molar-refractivity contribution in [3.63, 3.8) is 0 Å². The third-order valence-corrected chi connectivity index (χ3v) is 9.74. The van der Waals surface area contributed by atoms with E-state index < -0.39 is 10.2 Å². The van der Waals surface area contributed by atoms with Crippen LogP contribution < -0.4 is 0 Å². The van der Waals surface area contributed by atoms with Crippen LogP contribution in [0.1, 0.15) is 41.8 Å². The summed E-state index contributed by atoms with van der Waals surface area (Å²) in [5, 5.41) is 1.38. The van der Waals surface area contributed by atoms with Crippen molar-refractivity contribution in [1.82, 2.24) is 13.5 Å². The lowest BCUT2D eigenvalue weighted by Crippen LogP contribution is -2.55. The van der Waals surface area contributed by atoms with Crippen molar-refractivity contribution in [3.05, 3.63) is 34.2 Å². The Morgan fingerprint density at radius 3 is 2.41 bits per heavy atom. The summed E-state index contributed by atoms with van der Waals surface area (Å²) >= 11 is 7.84. The zero-order valence-electron chi connectivity index (χ0n) is 16.5. The summed E-state index contributed by atoms with van der Waals surface area (Å²) in [5.41, 5.74) is 0. The van der Waals surface area contributed by atoms with Crippen LogP contribution in [-0.4, -0.2) is 67.1 Å². The predicted molar refractivity (Wildman–Crippen MR) is 118 cm³/mol. The van der Waals surface area contributed by atoms with Gasteiger partial charge in [-0.3, -0.25) is 4.79 Å². The number of carbonyl (C=O) groups excluding carboxylic acids is 1. The number of nitrogens with zero attached hydrogens (tertiary/aromatic N) is 3. The molecule has 9 heteroatoms. The van der Waals surface area contributed by atoms with Gasteiger partial charge in [-0.2, -0.15) is 17.0 Å². The first-order valence-electron chi connectivity index (χ1n) is 10.1. The number of amides is 1. The molecule has 1 aliphatic heterocycles. The van der Waals surface area contributed by atoms with E-state index in [4.69, 9.17) is 11.6 Å². The average molecular weight is 456 g/mol. The number of thiophene rings is 1. The Morgan fingerprint density at radius 1 is 1.10 bits per heavy atom. The van der Waals surface area contributed by atoms with Gasteiger partial charge in [-0.1, -0.05) is 49.1 Å². The summed E-state index contributed by atoms with van der Waals surface area (Å²) in [7, 11) is -1.80. The number of fused-ring (bicyclic) bond motifs is 1. The van der Waals surface area contributed by atoms with Gasteiger partial charge in [0, 0.05) is 49.4 Å². The van der Waals surface area contributed by atoms with Crippen LogP contribution in [0.25, 0.3) is 10.1 Å². The maximum atomic E-state index is 13.0. The van der Waals surface area contributed by atoms with E-state index in [1.54, 1.807) is 16.3 Å². The predicted octanol–water partition coefficient (Wildman–Crippen LogP) is 3.82. The van der Waals surface area contributed by atoms with Gasteiger partial charge in [0.1, 0.15) is 4.88 Å². The Balaban J connectivity index is 1.43. The second-order valence-corrected chi connectivity index (χ2v) is 11.2. The minimum atomic E-state index is -3.50. The summed E-state index contributed by atoms with van der Waals surface area (Å²) in [6.07, 6.45) is 5.22. The van der Waals surface area contributed by atoms with E-state index in [1.165, 1.54) is 22.1 Å². The number of hydrogen-bond donors (Lipinski definition) is 0. The quantitative estimate of drug-likeness (QED) is 0.704. The van der Waals surface area contributed by atoms with Crippen molar-refractivity contribution in [3.8, 4) is 0 Å². The second-order valence-electron chi connectivity index (χ2n) is 7.75. The summed E-state index contributed by atoms with van der Waals surface area (Å²) in [5.74, 6) is -0.117. The van der Waals surface area contributed by atoms with Crippen LogP contribution in [0.15, 0.2) is 24.3 Å². The molecule has 29 heavy (non-hydrogen) atoms. The molecule has 2 fully saturated rings. The van der Waals surface area contributed by atoms with E-state index in [1.807, 2.05) is 24.3 Å². The lowest BCUT2D eigenvalue weighted by molar-refractivity contribution is 0.0698. The summed E-state index contributed by atoms with van der Waals surface area (Å²) < 4.78 is 30.1. The van der Waals surface area contributed by atoms with Crippen LogP contribution in [0, 0.1) is 0 Å². The number of rotatable bonds is 4. The Hall–Kier alpha value is -1.19. The number of carbonyl (C=O) groups is 1. The molecule has 0 atom stereocenters. The lowest BCUT2D eigenvalue weighted by atomic mass is 9.96. The first kappa shape index (κ1) is 21.1. The molecule has 4 rings (SSSR count). The highest BCUT2D eigenvalue weighted by Gasteiger charge is 2.36. The van der Waals surface area contributed by atoms with Crippen molar-refractivity contribution < 1.29 is 13.2 Å². The van der Waals surface area contributed by atoms with Gasteiger partial charge >= 0.3 is 0 Å². The Morgan fingerprint density at radius 2 is 1.76 bits per heavy atom. The van der Waals surface area contributed by atoms with Crippen LogP contribution in [0.2, 0.25) is 5.02 Å². The second kappa shape index (κ2) is 8.51. The van der Waals surface area contributed by atoms with Gasteiger partial charge in [-0.05, 0) is 18.9 Å². The van der Waals surface area contributed by atoms with E-state index in [9.17, 15) is 13.2 Å². The third-order valence-electron chi connectivity index (χ3n) is 6.03. The van der Waals surface area contributed by atoms with Crippen molar-refractivity contribution in [2.75, 3.05) is 33.2 Å². The fourth-order valence-electron chi connectivity index (χ4n) is 4.23. The molecule has 0 unspecified atom stereocenters. The van der Waals surface area contributed by atoms with Crippen LogP contribution in [-0.2, 0) is 10.2 Å². The number of benzene rings is 1. The highest BCUT2D eigenvalue weighted by molar-refractivity contribution is 7.86. The van der Waals surface area contributed by atoms with E-state index >= 15 is 0 Å². The first-order chi connectivity index (χ1) is 13.9. The largest absolute Gasteiger partial charge is 0.335 e. The van der Waals surface area contributed by atoms with Gasteiger partial charge in [-0.25, -0.2) is 0 Å². The SMILES string of the molecule is CN(C1CCCCC1)S(=O)(=O)N1CCN(C(=O)c2sc3ccccc3c2Cl)CC1. The molecule has 0 spiro atoms. The van der Waals surface area contributed by atoms with Crippen molar-refractivity contribution in [2.45, 2.75) is 38.1 Å². The number of hydrogen-bond acceptors (Lipinski definition) is 4. The zero-order valence-corrected chi connectivity index (χ0v) is 18.9. The molecule has 6 nitrogen and oxygen atoms in total. The highest BCUT2D eigenvalue weighted by atomic mass is 35.5. The van der Waals surface area contributed by atoms with E-state index in [2.05, 4.69) is 0 Å². The Kier molecular flexibility index (Phi) is 6.18. The van der Waals surface area contributed by atoms with Gasteiger partial charge in [-0.15, -0.1) is 11.3 Å². The maximum Gasteiger partial charge on any atom is 0.282 e. The molecule has 1 aliphatic carbocycles. The topological polar surface area (TPSA) is 60.9 Å². The van der Waals surface area contributed by atoms with E-state index in [0.29, 0.717) is 36.1 Å². The van der Waals surface area contributed by atoms with Crippen molar-refractivity contribution in [2.24, 2.45) is 0 Å². The van der Waals surface area contributed by atoms with E-state index in [-0.39, 0.29) is 11.9 Å². The Bertz CT molecular complexity index is 994. The van der Waals surface area contributed by atoms with Crippen molar-refractivity contribution in [1.29, 1.82) is 0 Å². The van der Waals surface area contributed by atoms with Crippen LogP contribution >= 0.6 is 22.9 Å². The first-order valence-corrected chi connectivity index (χ1v) is 12.7. The standard InChI is InChI=1S/C20H26ClN3O3S2/c1-22(15-7-3-2-4-8-15)29(26,27)24-13-11-23(12-14-24)20(25)19-18(21)16-9-5-6-10-17(16)28-19/h5-6,9-10,15H,2-4,7-8,11-14H2,1H3. The minimum Gasteiger partial charge on any atom is -0.335 e. The normalized spacial score (nSPS) is 19.9. The van der Waals surface area contributed by atoms with Gasteiger partial charge in [0.25, 0.3) is 16.1 Å². The van der Waals surface area contributed by atoms with Crippen LogP contribution in [0.4, 0.5) is 0 Å². The molecule has 1 saturated carbocycles. The van der Waals surface area contributed by atoms with Gasteiger partial charge < -0.3 is 4.90 Å². The molecule has 2 heterocycles. The van der Waals surface area contributed by atoms with Crippen molar-refractivity contribution >= 4 is 49.1 Å². The molecule has 2 aliphatic rings. The number of piperazine rings is 1. The molecule has 1 saturated heterocycles. The van der Waals surface area contributed by atoms with E-state index in [0.717, 1.165) is 35.8 Å². The average Bonchev–Trinajstić information content (AvgIpc) is 3.10. The van der Waals surface area contributed by atoms with Gasteiger partial charge in [0.2, 0.25) is 0 Å². The third kappa shape index (κ3) is 4.05. The molecule has 158 valence electrons. The lowest BCUT2D eigenvalue weighted by Gasteiger charge is -2.38. The fourth-order valence-corrected chi connectivity index (χ4v) is 7.29. The molecule has 1 aromatic carbocycles.